The minimum atomic E-state index is -0.493. The molecule has 134 valence electrons. The summed E-state index contributed by atoms with van der Waals surface area (Å²) in [6, 6.07) is 0. The van der Waals surface area contributed by atoms with Gasteiger partial charge in [-0.05, 0) is 57.4 Å². The van der Waals surface area contributed by atoms with Gasteiger partial charge in [0.25, 0.3) is 0 Å². The summed E-state index contributed by atoms with van der Waals surface area (Å²) in [5.41, 5.74) is 6.91. The quantitative estimate of drug-likeness (QED) is 0.838. The summed E-state index contributed by atoms with van der Waals surface area (Å²) in [5, 5.41) is 2.44. The maximum Gasteiger partial charge on any atom is 0.410 e. The van der Waals surface area contributed by atoms with Crippen LogP contribution in [0.15, 0.2) is 5.38 Å². The minimum Gasteiger partial charge on any atom is -0.462 e. The molecule has 7 heteroatoms. The van der Waals surface area contributed by atoms with Gasteiger partial charge in [-0.3, -0.25) is 0 Å². The van der Waals surface area contributed by atoms with Gasteiger partial charge in [0.05, 0.1) is 12.2 Å². The first kappa shape index (κ1) is 18.6. The van der Waals surface area contributed by atoms with Gasteiger partial charge >= 0.3 is 12.1 Å². The smallest absolute Gasteiger partial charge is 0.410 e. The van der Waals surface area contributed by atoms with Gasteiger partial charge < -0.3 is 20.1 Å². The standard InChI is InChI=1S/C17H26N2O4S/c1-5-22-15(20)13-12(10-24-14(13)18)11-6-8-19(9-7-11)16(21)23-17(2,3)4/h10-11H,5-9,18H2,1-4H3. The van der Waals surface area contributed by atoms with E-state index < -0.39 is 5.60 Å². The van der Waals surface area contributed by atoms with Crippen molar-refractivity contribution < 1.29 is 19.1 Å². The highest BCUT2D eigenvalue weighted by Crippen LogP contribution is 2.37. The Morgan fingerprint density at radius 1 is 1.33 bits per heavy atom. The van der Waals surface area contributed by atoms with E-state index in [4.69, 9.17) is 15.2 Å². The second-order valence-electron chi connectivity index (χ2n) is 6.89. The van der Waals surface area contributed by atoms with Crippen molar-refractivity contribution in [1.29, 1.82) is 0 Å². The van der Waals surface area contributed by atoms with Crippen LogP contribution in [0.1, 0.15) is 62.4 Å². The van der Waals surface area contributed by atoms with Crippen LogP contribution in [0, 0.1) is 0 Å². The van der Waals surface area contributed by atoms with E-state index in [9.17, 15) is 9.59 Å². The monoisotopic (exact) mass is 354 g/mol. The average Bonchev–Trinajstić information content (AvgIpc) is 2.88. The van der Waals surface area contributed by atoms with Gasteiger partial charge in [-0.2, -0.15) is 0 Å². The predicted octanol–water partition coefficient (Wildman–Crippen LogP) is 3.62. The Hall–Kier alpha value is -1.76. The van der Waals surface area contributed by atoms with Crippen molar-refractivity contribution in [1.82, 2.24) is 4.90 Å². The van der Waals surface area contributed by atoms with Crippen LogP contribution >= 0.6 is 11.3 Å². The van der Waals surface area contributed by atoms with Gasteiger partial charge in [0.15, 0.2) is 0 Å². The number of hydrogen-bond acceptors (Lipinski definition) is 6. The van der Waals surface area contributed by atoms with Crippen molar-refractivity contribution in [3.63, 3.8) is 0 Å². The fourth-order valence-corrected chi connectivity index (χ4v) is 3.69. The zero-order valence-corrected chi connectivity index (χ0v) is 15.6. The van der Waals surface area contributed by atoms with Crippen LogP contribution in [0.3, 0.4) is 0 Å². The molecule has 1 amide bonds. The number of rotatable bonds is 3. The molecule has 2 heterocycles. The number of thiophene rings is 1. The first-order valence-electron chi connectivity index (χ1n) is 8.24. The molecule has 0 aromatic carbocycles. The summed E-state index contributed by atoms with van der Waals surface area (Å²) in [6.45, 7) is 8.89. The van der Waals surface area contributed by atoms with E-state index in [1.165, 1.54) is 11.3 Å². The lowest BCUT2D eigenvalue weighted by Crippen LogP contribution is -2.41. The number of likely N-dealkylation sites (tertiary alicyclic amines) is 1. The molecule has 0 radical (unpaired) electrons. The number of nitrogens with two attached hydrogens (primary N) is 1. The zero-order chi connectivity index (χ0) is 17.9. The Balaban J connectivity index is 2.03. The van der Waals surface area contributed by atoms with Crippen molar-refractivity contribution in [2.24, 2.45) is 0 Å². The summed E-state index contributed by atoms with van der Waals surface area (Å²) in [6.07, 6.45) is 1.28. The number of nitrogens with zero attached hydrogens (tertiary/aromatic N) is 1. The molecule has 24 heavy (non-hydrogen) atoms. The molecule has 2 rings (SSSR count). The number of piperidine rings is 1. The Kier molecular flexibility index (Phi) is 5.74. The van der Waals surface area contributed by atoms with Gasteiger partial charge in [-0.25, -0.2) is 9.59 Å². The molecule has 0 bridgehead atoms. The van der Waals surface area contributed by atoms with Crippen molar-refractivity contribution in [3.8, 4) is 0 Å². The van der Waals surface area contributed by atoms with Gasteiger partial charge in [0.1, 0.15) is 10.6 Å². The number of nitrogen functional groups attached to an aromatic ring is 1. The number of carbonyl (C=O) groups is 2. The van der Waals surface area contributed by atoms with E-state index >= 15 is 0 Å². The molecule has 1 saturated heterocycles. The largest absolute Gasteiger partial charge is 0.462 e. The van der Waals surface area contributed by atoms with Crippen LogP contribution < -0.4 is 5.73 Å². The molecule has 2 N–H and O–H groups in total. The molecule has 0 atom stereocenters. The van der Waals surface area contributed by atoms with E-state index in [-0.39, 0.29) is 18.0 Å². The number of esters is 1. The van der Waals surface area contributed by atoms with Gasteiger partial charge in [0, 0.05) is 13.1 Å². The van der Waals surface area contributed by atoms with Gasteiger partial charge in [-0.15, -0.1) is 11.3 Å². The highest BCUT2D eigenvalue weighted by Gasteiger charge is 2.31. The Labute approximate surface area is 146 Å². The third kappa shape index (κ3) is 4.41. The van der Waals surface area contributed by atoms with Gasteiger partial charge in [0.2, 0.25) is 0 Å². The molecule has 0 aliphatic carbocycles. The lowest BCUT2D eigenvalue weighted by molar-refractivity contribution is 0.0203. The average molecular weight is 354 g/mol. The van der Waals surface area contributed by atoms with Crippen molar-refractivity contribution >= 4 is 28.4 Å². The van der Waals surface area contributed by atoms with Crippen LogP contribution in [0.2, 0.25) is 0 Å². The van der Waals surface area contributed by atoms with Crippen molar-refractivity contribution in [2.75, 3.05) is 25.4 Å². The fourth-order valence-electron chi connectivity index (χ4n) is 2.81. The minimum absolute atomic E-state index is 0.205. The third-order valence-corrected chi connectivity index (χ3v) is 4.74. The van der Waals surface area contributed by atoms with Crippen LogP contribution in [0.25, 0.3) is 0 Å². The van der Waals surface area contributed by atoms with E-state index in [0.29, 0.717) is 30.3 Å². The maximum atomic E-state index is 12.1. The molecular formula is C17H26N2O4S. The number of anilines is 1. The topological polar surface area (TPSA) is 81.9 Å². The van der Waals surface area contributed by atoms with Crippen LogP contribution in [0.4, 0.5) is 9.80 Å². The summed E-state index contributed by atoms with van der Waals surface area (Å²) in [7, 11) is 0. The molecule has 0 spiro atoms. The Bertz CT molecular complexity index is 598. The normalized spacial score (nSPS) is 16.1. The van der Waals surface area contributed by atoms with Crippen molar-refractivity contribution in [2.45, 2.75) is 52.1 Å². The summed E-state index contributed by atoms with van der Waals surface area (Å²) >= 11 is 1.37. The highest BCUT2D eigenvalue weighted by molar-refractivity contribution is 7.14. The SMILES string of the molecule is CCOC(=O)c1c(C2CCN(C(=O)OC(C)(C)C)CC2)csc1N. The van der Waals surface area contributed by atoms with Gasteiger partial charge in [-0.1, -0.05) is 0 Å². The lowest BCUT2D eigenvalue weighted by atomic mass is 9.89. The molecule has 1 aliphatic heterocycles. The number of amides is 1. The lowest BCUT2D eigenvalue weighted by Gasteiger charge is -2.33. The molecule has 1 aromatic rings. The Morgan fingerprint density at radius 2 is 1.96 bits per heavy atom. The molecule has 1 aliphatic rings. The third-order valence-electron chi connectivity index (χ3n) is 3.91. The Morgan fingerprint density at radius 3 is 2.50 bits per heavy atom. The number of carbonyl (C=O) groups excluding carboxylic acids is 2. The van der Waals surface area contributed by atoms with Crippen LogP contribution in [-0.2, 0) is 9.47 Å². The molecule has 0 unspecified atom stereocenters. The number of hydrogen-bond donors (Lipinski definition) is 1. The molecule has 6 nitrogen and oxygen atoms in total. The maximum absolute atomic E-state index is 12.1. The predicted molar refractivity (Wildman–Crippen MR) is 94.5 cm³/mol. The van der Waals surface area contributed by atoms with E-state index in [0.717, 1.165) is 18.4 Å². The summed E-state index contributed by atoms with van der Waals surface area (Å²) < 4.78 is 10.5. The van der Waals surface area contributed by atoms with E-state index in [2.05, 4.69) is 0 Å². The number of ether oxygens (including phenoxy) is 2. The fraction of sp³-hybridized carbons (Fsp3) is 0.647. The zero-order valence-electron chi connectivity index (χ0n) is 14.8. The second kappa shape index (κ2) is 7.42. The van der Waals surface area contributed by atoms with Crippen molar-refractivity contribution in [3.05, 3.63) is 16.5 Å². The first-order valence-corrected chi connectivity index (χ1v) is 9.12. The first-order chi connectivity index (χ1) is 11.2. The molecule has 1 aromatic heterocycles. The highest BCUT2D eigenvalue weighted by atomic mass is 32.1. The van der Waals surface area contributed by atoms with E-state index in [1.54, 1.807) is 11.8 Å². The summed E-state index contributed by atoms with van der Waals surface area (Å²) in [4.78, 5) is 26.0. The summed E-state index contributed by atoms with van der Waals surface area (Å²) in [5.74, 6) is -0.155. The van der Waals surface area contributed by atoms with Crippen LogP contribution in [0.5, 0.6) is 0 Å². The van der Waals surface area contributed by atoms with E-state index in [1.807, 2.05) is 26.2 Å². The molecule has 0 saturated carbocycles. The van der Waals surface area contributed by atoms with Crippen LogP contribution in [-0.4, -0.2) is 42.3 Å². The second-order valence-corrected chi connectivity index (χ2v) is 7.80. The molecular weight excluding hydrogens is 328 g/mol. The molecule has 1 fully saturated rings.